The Morgan fingerprint density at radius 3 is 2.48 bits per heavy atom. The molecule has 2 aromatic heterocycles. The van der Waals surface area contributed by atoms with E-state index in [1.807, 2.05) is 71.0 Å². The van der Waals surface area contributed by atoms with Crippen molar-refractivity contribution in [1.29, 1.82) is 0 Å². The molecule has 0 N–H and O–H groups in total. The second-order valence-corrected chi connectivity index (χ2v) is 11.9. The fraction of sp³-hybridized carbons (Fsp3) is 0.250. The summed E-state index contributed by atoms with van der Waals surface area (Å²) in [7, 11) is 0. The highest BCUT2D eigenvalue weighted by Gasteiger charge is 2.35. The standard InChI is InChI=1S/C32H29N3O5S2/c1-2-39-31(38)27-28(22-9-4-3-5-10-22)33-32-35(29(27)24-11-8-18-41-24)30(37)25(42-32)19-21-12-14-23(15-13-21)40-20-26(36)34-16-6-7-17-34/h3-5,8-15,18-19,29H,2,6-7,16-17,20H2,1H3/b25-19+/t29-/m1/s1. The zero-order chi connectivity index (χ0) is 29.1. The van der Waals surface area contributed by atoms with Gasteiger partial charge in [-0.05, 0) is 55.0 Å². The van der Waals surface area contributed by atoms with Gasteiger partial charge in [-0.25, -0.2) is 9.79 Å². The van der Waals surface area contributed by atoms with Gasteiger partial charge in [-0.15, -0.1) is 11.3 Å². The molecule has 0 saturated carbocycles. The lowest BCUT2D eigenvalue weighted by atomic mass is 9.97. The minimum atomic E-state index is -0.665. The first-order valence-corrected chi connectivity index (χ1v) is 15.6. The number of benzene rings is 2. The minimum absolute atomic E-state index is 0.00459. The number of thiazole rings is 1. The first kappa shape index (κ1) is 27.9. The maximum atomic E-state index is 13.9. The number of fused-ring (bicyclic) bond motifs is 1. The molecule has 1 amide bonds. The molecule has 0 bridgehead atoms. The summed E-state index contributed by atoms with van der Waals surface area (Å²) in [5.41, 5.74) is 2.19. The molecule has 2 aliphatic rings. The summed E-state index contributed by atoms with van der Waals surface area (Å²) in [6.45, 7) is 3.56. The second-order valence-electron chi connectivity index (χ2n) is 9.89. The Bertz CT molecular complexity index is 1800. The Morgan fingerprint density at radius 2 is 1.79 bits per heavy atom. The first-order chi connectivity index (χ1) is 20.5. The summed E-state index contributed by atoms with van der Waals surface area (Å²) >= 11 is 2.76. The van der Waals surface area contributed by atoms with Crippen molar-refractivity contribution in [2.75, 3.05) is 26.3 Å². The lowest BCUT2D eigenvalue weighted by Gasteiger charge is -2.24. The Labute approximate surface area is 250 Å². The molecule has 42 heavy (non-hydrogen) atoms. The molecule has 8 nitrogen and oxygen atoms in total. The van der Waals surface area contributed by atoms with Crippen LogP contribution in [0.15, 0.2) is 87.5 Å². The third-order valence-corrected chi connectivity index (χ3v) is 9.09. The molecule has 214 valence electrons. The topological polar surface area (TPSA) is 90.2 Å². The SMILES string of the molecule is CCOC(=O)C1=C(c2ccccc2)N=c2s/c(=C/c3ccc(OCC(=O)N4CCCC4)cc3)c(=O)n2[C@@H]1c1cccs1. The van der Waals surface area contributed by atoms with E-state index in [0.717, 1.165) is 41.9 Å². The fourth-order valence-corrected chi connectivity index (χ4v) is 7.00. The van der Waals surface area contributed by atoms with Gasteiger partial charge in [-0.3, -0.25) is 14.2 Å². The van der Waals surface area contributed by atoms with E-state index in [1.165, 1.54) is 22.7 Å². The highest BCUT2D eigenvalue weighted by atomic mass is 32.1. The van der Waals surface area contributed by atoms with Crippen molar-refractivity contribution in [1.82, 2.24) is 9.47 Å². The van der Waals surface area contributed by atoms with Crippen LogP contribution in [0.5, 0.6) is 5.75 Å². The van der Waals surface area contributed by atoms with E-state index in [9.17, 15) is 14.4 Å². The summed E-state index contributed by atoms with van der Waals surface area (Å²) in [5.74, 6) is 0.0899. The number of rotatable bonds is 8. The zero-order valence-corrected chi connectivity index (χ0v) is 24.7. The molecule has 1 saturated heterocycles. The van der Waals surface area contributed by atoms with Crippen molar-refractivity contribution in [2.45, 2.75) is 25.8 Å². The second kappa shape index (κ2) is 12.3. The van der Waals surface area contributed by atoms with Crippen molar-refractivity contribution in [3.05, 3.63) is 113 Å². The quantitative estimate of drug-likeness (QED) is 0.286. The number of thiophene rings is 1. The maximum absolute atomic E-state index is 13.9. The average Bonchev–Trinajstić information content (AvgIpc) is 3.80. The molecular weight excluding hydrogens is 571 g/mol. The minimum Gasteiger partial charge on any atom is -0.484 e. The molecule has 2 aromatic carbocycles. The van der Waals surface area contributed by atoms with Crippen LogP contribution in [0.2, 0.25) is 0 Å². The van der Waals surface area contributed by atoms with Crippen LogP contribution in [0.4, 0.5) is 0 Å². The van der Waals surface area contributed by atoms with Crippen molar-refractivity contribution in [3.63, 3.8) is 0 Å². The molecule has 0 aliphatic carbocycles. The van der Waals surface area contributed by atoms with Gasteiger partial charge < -0.3 is 14.4 Å². The molecule has 10 heteroatoms. The molecule has 1 atom stereocenters. The van der Waals surface area contributed by atoms with Crippen LogP contribution in [0, 0.1) is 0 Å². The number of amides is 1. The summed E-state index contributed by atoms with van der Waals surface area (Å²) in [4.78, 5) is 47.7. The fourth-order valence-electron chi connectivity index (χ4n) is 5.17. The lowest BCUT2D eigenvalue weighted by molar-refractivity contribution is -0.139. The number of ether oxygens (including phenoxy) is 2. The van der Waals surface area contributed by atoms with Gasteiger partial charge in [-0.1, -0.05) is 59.9 Å². The van der Waals surface area contributed by atoms with Crippen LogP contribution in [0.25, 0.3) is 11.8 Å². The molecule has 6 rings (SSSR count). The molecule has 4 heterocycles. The Hall–Kier alpha value is -4.28. The molecule has 0 spiro atoms. The van der Waals surface area contributed by atoms with Crippen LogP contribution >= 0.6 is 22.7 Å². The molecular formula is C32H29N3O5S2. The van der Waals surface area contributed by atoms with Gasteiger partial charge in [0.05, 0.1) is 22.4 Å². The van der Waals surface area contributed by atoms with E-state index < -0.39 is 12.0 Å². The van der Waals surface area contributed by atoms with Gasteiger partial charge in [-0.2, -0.15) is 0 Å². The zero-order valence-electron chi connectivity index (χ0n) is 23.0. The van der Waals surface area contributed by atoms with Crippen LogP contribution in [0.3, 0.4) is 0 Å². The number of hydrogen-bond acceptors (Lipinski definition) is 8. The number of aromatic nitrogens is 1. The van der Waals surface area contributed by atoms with Crippen LogP contribution in [0.1, 0.15) is 41.8 Å². The summed E-state index contributed by atoms with van der Waals surface area (Å²) in [6, 6.07) is 20.0. The van der Waals surface area contributed by atoms with Gasteiger partial charge in [0.15, 0.2) is 11.4 Å². The third-order valence-electron chi connectivity index (χ3n) is 7.19. The predicted octanol–water partition coefficient (Wildman–Crippen LogP) is 4.00. The maximum Gasteiger partial charge on any atom is 0.338 e. The highest BCUT2D eigenvalue weighted by molar-refractivity contribution is 7.10. The van der Waals surface area contributed by atoms with E-state index >= 15 is 0 Å². The summed E-state index contributed by atoms with van der Waals surface area (Å²) < 4.78 is 13.3. The smallest absolute Gasteiger partial charge is 0.338 e. The Balaban J connectivity index is 1.38. The number of hydrogen-bond donors (Lipinski definition) is 0. The average molecular weight is 600 g/mol. The van der Waals surface area contributed by atoms with Crippen LogP contribution < -0.4 is 19.6 Å². The van der Waals surface area contributed by atoms with Crippen LogP contribution in [-0.4, -0.2) is 47.6 Å². The predicted molar refractivity (Wildman–Crippen MR) is 163 cm³/mol. The highest BCUT2D eigenvalue weighted by Crippen LogP contribution is 2.36. The van der Waals surface area contributed by atoms with E-state index in [1.54, 1.807) is 23.6 Å². The summed E-state index contributed by atoms with van der Waals surface area (Å²) in [6.07, 6.45) is 3.89. The van der Waals surface area contributed by atoms with Crippen molar-refractivity contribution < 1.29 is 19.1 Å². The van der Waals surface area contributed by atoms with Crippen LogP contribution in [-0.2, 0) is 14.3 Å². The van der Waals surface area contributed by atoms with E-state index in [4.69, 9.17) is 14.5 Å². The van der Waals surface area contributed by atoms with Gasteiger partial charge in [0.25, 0.3) is 11.5 Å². The number of nitrogens with zero attached hydrogens (tertiary/aromatic N) is 3. The number of carbonyl (C=O) groups excluding carboxylic acids is 2. The third kappa shape index (κ3) is 5.60. The van der Waals surface area contributed by atoms with Gasteiger partial charge in [0.1, 0.15) is 11.8 Å². The van der Waals surface area contributed by atoms with Crippen molar-refractivity contribution in [2.24, 2.45) is 4.99 Å². The molecule has 0 unspecified atom stereocenters. The number of likely N-dealkylation sites (tertiary alicyclic amines) is 1. The molecule has 2 aliphatic heterocycles. The molecule has 1 fully saturated rings. The normalized spacial score (nSPS) is 16.7. The largest absolute Gasteiger partial charge is 0.484 e. The Morgan fingerprint density at radius 1 is 1.02 bits per heavy atom. The van der Waals surface area contributed by atoms with Crippen molar-refractivity contribution in [3.8, 4) is 5.75 Å². The molecule has 0 radical (unpaired) electrons. The van der Waals surface area contributed by atoms with E-state index in [-0.39, 0.29) is 24.7 Å². The monoisotopic (exact) mass is 599 g/mol. The van der Waals surface area contributed by atoms with E-state index in [0.29, 0.717) is 26.4 Å². The van der Waals surface area contributed by atoms with Crippen molar-refractivity contribution >= 4 is 46.3 Å². The number of esters is 1. The number of carbonyl (C=O) groups is 2. The van der Waals surface area contributed by atoms with Gasteiger partial charge in [0, 0.05) is 23.5 Å². The van der Waals surface area contributed by atoms with E-state index in [2.05, 4.69) is 0 Å². The van der Waals surface area contributed by atoms with Gasteiger partial charge in [0.2, 0.25) is 0 Å². The Kier molecular flexibility index (Phi) is 8.16. The van der Waals surface area contributed by atoms with Gasteiger partial charge >= 0.3 is 5.97 Å². The lowest BCUT2D eigenvalue weighted by Crippen LogP contribution is -2.39. The molecule has 4 aromatic rings. The summed E-state index contributed by atoms with van der Waals surface area (Å²) in [5, 5.41) is 1.93. The first-order valence-electron chi connectivity index (χ1n) is 13.9.